The molecule has 4 rings (SSSR count). The molecule has 0 bridgehead atoms. The van der Waals surface area contributed by atoms with Crippen molar-refractivity contribution in [1.29, 1.82) is 0 Å². The average Bonchev–Trinajstić information content (AvgIpc) is 2.86. The van der Waals surface area contributed by atoms with Crippen molar-refractivity contribution in [3.8, 4) is 11.4 Å². The second-order valence-electron chi connectivity index (χ2n) is 5.92. The summed E-state index contributed by atoms with van der Waals surface area (Å²) >= 11 is 6.59. The number of aromatic nitrogens is 3. The van der Waals surface area contributed by atoms with Crippen molar-refractivity contribution < 1.29 is 9.50 Å². The molecule has 0 fully saturated rings. The Bertz CT molecular complexity index is 1040. The minimum absolute atomic E-state index is 0.0377. The molecule has 1 aliphatic heterocycles. The van der Waals surface area contributed by atoms with E-state index in [0.717, 1.165) is 11.3 Å². The van der Waals surface area contributed by atoms with Crippen molar-refractivity contribution in [2.24, 2.45) is 4.99 Å². The lowest BCUT2D eigenvalue weighted by molar-refractivity contribution is 0.473. The van der Waals surface area contributed by atoms with Crippen molar-refractivity contribution in [1.82, 2.24) is 14.8 Å². The summed E-state index contributed by atoms with van der Waals surface area (Å²) in [6.07, 6.45) is 0. The summed E-state index contributed by atoms with van der Waals surface area (Å²) in [6.45, 7) is 3.95. The van der Waals surface area contributed by atoms with E-state index in [4.69, 9.17) is 11.6 Å². The highest BCUT2D eigenvalue weighted by molar-refractivity contribution is 6.37. The first-order chi connectivity index (χ1) is 12.0. The number of phenolic OH excluding ortho intramolecular Hbond substituents is 1. The van der Waals surface area contributed by atoms with Gasteiger partial charge in [0.25, 0.3) is 0 Å². The predicted molar refractivity (Wildman–Crippen MR) is 93.3 cm³/mol. The number of aryl methyl sites for hydroxylation is 2. The van der Waals surface area contributed by atoms with Gasteiger partial charge in [-0.05, 0) is 43.7 Å². The molecule has 25 heavy (non-hydrogen) atoms. The molecule has 0 spiro atoms. The third kappa shape index (κ3) is 2.41. The first kappa shape index (κ1) is 15.8. The van der Waals surface area contributed by atoms with Gasteiger partial charge in [0.05, 0.1) is 16.4 Å². The number of hydrogen-bond acceptors (Lipinski definition) is 4. The van der Waals surface area contributed by atoms with E-state index in [-0.39, 0.29) is 17.9 Å². The summed E-state index contributed by atoms with van der Waals surface area (Å²) in [5.41, 5.74) is 2.79. The maximum atomic E-state index is 14.5. The van der Waals surface area contributed by atoms with Crippen molar-refractivity contribution in [2.45, 2.75) is 20.4 Å². The fourth-order valence-electron chi connectivity index (χ4n) is 3.05. The zero-order valence-electron chi connectivity index (χ0n) is 13.6. The second-order valence-corrected chi connectivity index (χ2v) is 6.30. The number of fused-ring (bicyclic) bond motifs is 3. The summed E-state index contributed by atoms with van der Waals surface area (Å²) < 4.78 is 16.4. The number of aromatic hydroxyl groups is 1. The summed E-state index contributed by atoms with van der Waals surface area (Å²) in [5.74, 6) is 0.831. The zero-order chi connectivity index (χ0) is 17.7. The lowest BCUT2D eigenvalue weighted by Gasteiger charge is -2.16. The van der Waals surface area contributed by atoms with Crippen LogP contribution in [0.2, 0.25) is 5.02 Å². The van der Waals surface area contributed by atoms with Crippen LogP contribution in [-0.2, 0) is 6.54 Å². The Balaban J connectivity index is 2.08. The maximum Gasteiger partial charge on any atom is 0.159 e. The highest BCUT2D eigenvalue weighted by Gasteiger charge is 2.26. The smallest absolute Gasteiger partial charge is 0.159 e. The number of benzene rings is 2. The lowest BCUT2D eigenvalue weighted by Crippen LogP contribution is -2.11. The van der Waals surface area contributed by atoms with Crippen LogP contribution in [-0.4, -0.2) is 25.6 Å². The van der Waals surface area contributed by atoms with Gasteiger partial charge in [0.2, 0.25) is 0 Å². The molecular weight excluding hydrogens is 343 g/mol. The summed E-state index contributed by atoms with van der Waals surface area (Å²) in [7, 11) is 0. The number of nitrogens with zero attached hydrogens (tertiary/aromatic N) is 4. The van der Waals surface area contributed by atoms with Crippen molar-refractivity contribution in [3.05, 3.63) is 69.5 Å². The van der Waals surface area contributed by atoms with E-state index in [9.17, 15) is 9.50 Å². The normalized spacial score (nSPS) is 13.0. The van der Waals surface area contributed by atoms with Gasteiger partial charge in [0.15, 0.2) is 5.82 Å². The van der Waals surface area contributed by atoms with Gasteiger partial charge in [-0.25, -0.2) is 4.39 Å². The van der Waals surface area contributed by atoms with E-state index in [0.29, 0.717) is 27.9 Å². The van der Waals surface area contributed by atoms with E-state index >= 15 is 0 Å². The summed E-state index contributed by atoms with van der Waals surface area (Å²) in [4.78, 5) is 4.55. The molecular formula is C18H14ClFN4O. The molecule has 2 heterocycles. The Morgan fingerprint density at radius 1 is 1.16 bits per heavy atom. The summed E-state index contributed by atoms with van der Waals surface area (Å²) in [6, 6.07) is 7.67. The van der Waals surface area contributed by atoms with Crippen LogP contribution in [0, 0.1) is 19.7 Å². The van der Waals surface area contributed by atoms with Crippen molar-refractivity contribution in [3.63, 3.8) is 0 Å². The van der Waals surface area contributed by atoms with E-state index in [2.05, 4.69) is 15.2 Å². The number of phenols is 1. The molecule has 126 valence electrons. The number of aliphatic imine (C=N–C) groups is 1. The molecule has 0 atom stereocenters. The van der Waals surface area contributed by atoms with Crippen LogP contribution >= 0.6 is 11.6 Å². The van der Waals surface area contributed by atoms with Gasteiger partial charge in [0, 0.05) is 11.1 Å². The Labute approximate surface area is 148 Å². The van der Waals surface area contributed by atoms with Gasteiger partial charge in [-0.3, -0.25) is 9.56 Å². The van der Waals surface area contributed by atoms with Gasteiger partial charge in [0.1, 0.15) is 23.9 Å². The molecule has 0 aliphatic carbocycles. The van der Waals surface area contributed by atoms with Crippen LogP contribution in [0.4, 0.5) is 4.39 Å². The SMILES string of the molecule is Cc1ccc2c(c1Cl)C(c1cc(O)ccc1F)=NCc1nnc(C)n1-2. The molecule has 2 aromatic carbocycles. The quantitative estimate of drug-likeness (QED) is 0.722. The molecule has 0 radical (unpaired) electrons. The number of hydrogen-bond donors (Lipinski definition) is 1. The van der Waals surface area contributed by atoms with E-state index < -0.39 is 5.82 Å². The first-order valence-electron chi connectivity index (χ1n) is 7.71. The minimum atomic E-state index is -0.477. The maximum absolute atomic E-state index is 14.5. The Morgan fingerprint density at radius 3 is 2.76 bits per heavy atom. The van der Waals surface area contributed by atoms with Gasteiger partial charge < -0.3 is 5.11 Å². The third-order valence-electron chi connectivity index (χ3n) is 4.27. The van der Waals surface area contributed by atoms with Crippen molar-refractivity contribution >= 4 is 17.3 Å². The van der Waals surface area contributed by atoms with Crippen LogP contribution in [0.3, 0.4) is 0 Å². The average molecular weight is 357 g/mol. The molecule has 0 unspecified atom stereocenters. The molecule has 1 aromatic heterocycles. The van der Waals surface area contributed by atoms with Gasteiger partial charge in [-0.1, -0.05) is 17.7 Å². The zero-order valence-corrected chi connectivity index (χ0v) is 14.3. The van der Waals surface area contributed by atoms with Gasteiger partial charge in [-0.15, -0.1) is 10.2 Å². The molecule has 1 N–H and O–H groups in total. The summed E-state index contributed by atoms with van der Waals surface area (Å²) in [5, 5.41) is 18.6. The third-order valence-corrected chi connectivity index (χ3v) is 4.75. The Morgan fingerprint density at radius 2 is 1.96 bits per heavy atom. The minimum Gasteiger partial charge on any atom is -0.508 e. The van der Waals surface area contributed by atoms with Crippen LogP contribution in [0.25, 0.3) is 5.69 Å². The fraction of sp³-hybridized carbons (Fsp3) is 0.167. The molecule has 3 aromatic rings. The molecule has 7 heteroatoms. The first-order valence-corrected chi connectivity index (χ1v) is 8.09. The number of halogens is 2. The van der Waals surface area contributed by atoms with Gasteiger partial charge >= 0.3 is 0 Å². The largest absolute Gasteiger partial charge is 0.508 e. The van der Waals surface area contributed by atoms with Crippen LogP contribution < -0.4 is 0 Å². The fourth-order valence-corrected chi connectivity index (χ4v) is 3.30. The molecule has 5 nitrogen and oxygen atoms in total. The molecule has 0 saturated heterocycles. The Kier molecular flexibility index (Phi) is 3.58. The van der Waals surface area contributed by atoms with E-state index in [1.807, 2.05) is 30.5 Å². The van der Waals surface area contributed by atoms with E-state index in [1.165, 1.54) is 18.2 Å². The highest BCUT2D eigenvalue weighted by atomic mass is 35.5. The molecule has 0 saturated carbocycles. The van der Waals surface area contributed by atoms with E-state index in [1.54, 1.807) is 0 Å². The monoisotopic (exact) mass is 356 g/mol. The standard InChI is InChI=1S/C18H14ClFN4O/c1-9-3-6-14-16(17(9)19)18(12-7-11(25)4-5-13(12)20)21-8-15-23-22-10(2)24(14)15/h3-7,25H,8H2,1-2H3. The lowest BCUT2D eigenvalue weighted by atomic mass is 9.97. The number of rotatable bonds is 1. The molecule has 0 amide bonds. The van der Waals surface area contributed by atoms with Gasteiger partial charge in [-0.2, -0.15) is 0 Å². The van der Waals surface area contributed by atoms with Crippen molar-refractivity contribution in [2.75, 3.05) is 0 Å². The second kappa shape index (κ2) is 5.67. The Hall–Kier alpha value is -2.73. The van der Waals surface area contributed by atoms with Crippen LogP contribution in [0.15, 0.2) is 35.3 Å². The van der Waals surface area contributed by atoms with Crippen LogP contribution in [0.1, 0.15) is 28.3 Å². The predicted octanol–water partition coefficient (Wildman–Crippen LogP) is 3.73. The highest BCUT2D eigenvalue weighted by Crippen LogP contribution is 2.34. The topological polar surface area (TPSA) is 63.3 Å². The molecule has 1 aliphatic rings. The van der Waals surface area contributed by atoms with Crippen LogP contribution in [0.5, 0.6) is 5.75 Å².